The van der Waals surface area contributed by atoms with Crippen LogP contribution in [-0.2, 0) is 4.74 Å². The first kappa shape index (κ1) is 16.7. The Hall–Kier alpha value is -0.730. The van der Waals surface area contributed by atoms with Crippen molar-refractivity contribution in [3.8, 4) is 0 Å². The minimum Gasteiger partial charge on any atom is -0.444 e. The van der Waals surface area contributed by atoms with E-state index in [9.17, 15) is 4.79 Å². The molecule has 92 valence electrons. The molecule has 0 aromatic rings. The minimum absolute atomic E-state index is 0.133. The second kappa shape index (κ2) is 11.3. The predicted molar refractivity (Wildman–Crippen MR) is 65.1 cm³/mol. The fourth-order valence-corrected chi connectivity index (χ4v) is 1.24. The number of carbonyl (C=O) groups excluding carboxylic acids is 1. The van der Waals surface area contributed by atoms with Crippen LogP contribution in [0.5, 0.6) is 0 Å². The highest BCUT2D eigenvalue weighted by atomic mass is 16.6. The summed E-state index contributed by atoms with van der Waals surface area (Å²) in [5, 5.41) is 0. The quantitative estimate of drug-likeness (QED) is 0.721. The van der Waals surface area contributed by atoms with Crippen molar-refractivity contribution in [3.05, 3.63) is 0 Å². The van der Waals surface area contributed by atoms with E-state index in [4.69, 9.17) is 4.74 Å². The molecule has 0 aliphatic carbocycles. The molecule has 1 fully saturated rings. The number of ether oxygens (including phenoxy) is 1. The van der Waals surface area contributed by atoms with E-state index in [0.717, 1.165) is 25.9 Å². The maximum Gasteiger partial charge on any atom is 0.410 e. The Morgan fingerprint density at radius 1 is 1.27 bits per heavy atom. The fraction of sp³-hybridized carbons (Fsp3) is 0.917. The monoisotopic (exact) mass is 217 g/mol. The van der Waals surface area contributed by atoms with Crippen molar-refractivity contribution in [2.75, 3.05) is 13.1 Å². The van der Waals surface area contributed by atoms with E-state index in [-0.39, 0.29) is 12.2 Å². The Labute approximate surface area is 94.8 Å². The number of carbonyl (C=O) groups is 1. The van der Waals surface area contributed by atoms with Crippen LogP contribution in [-0.4, -0.2) is 30.2 Å². The third-order valence-corrected chi connectivity index (χ3v) is 1.90. The highest BCUT2D eigenvalue weighted by Gasteiger charge is 2.28. The number of cyclic esters (lactones) is 1. The Morgan fingerprint density at radius 3 is 2.13 bits per heavy atom. The van der Waals surface area contributed by atoms with E-state index >= 15 is 0 Å². The normalized spacial score (nSPS) is 18.4. The van der Waals surface area contributed by atoms with Crippen molar-refractivity contribution < 1.29 is 9.53 Å². The van der Waals surface area contributed by atoms with Gasteiger partial charge in [-0.05, 0) is 12.8 Å². The molecule has 1 amide bonds. The maximum atomic E-state index is 11.0. The first-order chi connectivity index (χ1) is 7.27. The molecule has 3 nitrogen and oxygen atoms in total. The van der Waals surface area contributed by atoms with Crippen molar-refractivity contribution in [2.24, 2.45) is 0 Å². The third kappa shape index (κ3) is 6.37. The molecule has 1 atom stereocenters. The van der Waals surface area contributed by atoms with Gasteiger partial charge in [0.15, 0.2) is 0 Å². The molecule has 0 saturated carbocycles. The Bertz CT molecular complexity index is 149. The summed E-state index contributed by atoms with van der Waals surface area (Å²) < 4.78 is 5.06. The molecule has 0 radical (unpaired) electrons. The number of hydrogen-bond donors (Lipinski definition) is 0. The molecule has 0 bridgehead atoms. The van der Waals surface area contributed by atoms with Crippen molar-refractivity contribution in [3.63, 3.8) is 0 Å². The zero-order valence-electron chi connectivity index (χ0n) is 11.2. The summed E-state index contributed by atoms with van der Waals surface area (Å²) in [5.74, 6) is 0. The Balaban J connectivity index is 0. The van der Waals surface area contributed by atoms with E-state index in [2.05, 4.69) is 6.92 Å². The van der Waals surface area contributed by atoms with Gasteiger partial charge in [0.2, 0.25) is 0 Å². The smallest absolute Gasteiger partial charge is 0.410 e. The topological polar surface area (TPSA) is 29.5 Å². The minimum atomic E-state index is -0.140. The molecule has 1 rings (SSSR count). The SMILES string of the molecule is CC.CC.CCCN1CC(CC)OC1=O. The van der Waals surface area contributed by atoms with Gasteiger partial charge in [-0.1, -0.05) is 41.5 Å². The molecular weight excluding hydrogens is 190 g/mol. The van der Waals surface area contributed by atoms with E-state index in [1.54, 1.807) is 4.90 Å². The van der Waals surface area contributed by atoms with Crippen LogP contribution in [0.1, 0.15) is 54.4 Å². The molecule has 0 N–H and O–H groups in total. The van der Waals surface area contributed by atoms with Crippen molar-refractivity contribution in [1.82, 2.24) is 4.90 Å². The highest BCUT2D eigenvalue weighted by molar-refractivity contribution is 5.69. The highest BCUT2D eigenvalue weighted by Crippen LogP contribution is 2.13. The second-order valence-corrected chi connectivity index (χ2v) is 2.86. The summed E-state index contributed by atoms with van der Waals surface area (Å²) >= 11 is 0. The van der Waals surface area contributed by atoms with Gasteiger partial charge >= 0.3 is 6.09 Å². The lowest BCUT2D eigenvalue weighted by atomic mass is 10.3. The summed E-state index contributed by atoms with van der Waals surface area (Å²) in [6.07, 6.45) is 1.92. The average Bonchev–Trinajstić information content (AvgIpc) is 2.66. The standard InChI is InChI=1S/C8H15NO2.2C2H6/c1-3-5-9-6-7(4-2)11-8(9)10;2*1-2/h7H,3-6H2,1-2H3;2*1-2H3. The molecule has 15 heavy (non-hydrogen) atoms. The van der Waals surface area contributed by atoms with Crippen LogP contribution in [0.4, 0.5) is 4.79 Å². The van der Waals surface area contributed by atoms with E-state index in [1.807, 2.05) is 34.6 Å². The number of nitrogens with zero attached hydrogens (tertiary/aromatic N) is 1. The lowest BCUT2D eigenvalue weighted by Gasteiger charge is -2.09. The van der Waals surface area contributed by atoms with Gasteiger partial charge in [-0.2, -0.15) is 0 Å². The van der Waals surface area contributed by atoms with Gasteiger partial charge in [-0.3, -0.25) is 0 Å². The number of rotatable bonds is 3. The lowest BCUT2D eigenvalue weighted by Crippen LogP contribution is -2.25. The van der Waals surface area contributed by atoms with Crippen LogP contribution in [0.3, 0.4) is 0 Å². The second-order valence-electron chi connectivity index (χ2n) is 2.86. The van der Waals surface area contributed by atoms with Gasteiger partial charge in [0.05, 0.1) is 6.54 Å². The molecule has 3 heteroatoms. The Morgan fingerprint density at radius 2 is 1.80 bits per heavy atom. The summed E-state index contributed by atoms with van der Waals surface area (Å²) in [7, 11) is 0. The van der Waals surface area contributed by atoms with Crippen LogP contribution in [0.25, 0.3) is 0 Å². The van der Waals surface area contributed by atoms with Crippen molar-refractivity contribution in [1.29, 1.82) is 0 Å². The van der Waals surface area contributed by atoms with Gasteiger partial charge in [0.1, 0.15) is 6.10 Å². The number of hydrogen-bond acceptors (Lipinski definition) is 2. The molecule has 0 spiro atoms. The third-order valence-electron chi connectivity index (χ3n) is 1.90. The van der Waals surface area contributed by atoms with Crippen LogP contribution in [0.15, 0.2) is 0 Å². The van der Waals surface area contributed by atoms with Crippen LogP contribution < -0.4 is 0 Å². The summed E-state index contributed by atoms with van der Waals surface area (Å²) in [4.78, 5) is 12.8. The first-order valence-electron chi connectivity index (χ1n) is 6.23. The molecule has 1 aliphatic rings. The molecule has 1 saturated heterocycles. The molecule has 0 aromatic carbocycles. The van der Waals surface area contributed by atoms with Gasteiger partial charge in [-0.15, -0.1) is 0 Å². The average molecular weight is 217 g/mol. The van der Waals surface area contributed by atoms with Gasteiger partial charge in [0.25, 0.3) is 0 Å². The summed E-state index contributed by atoms with van der Waals surface area (Å²) in [5.41, 5.74) is 0. The largest absolute Gasteiger partial charge is 0.444 e. The number of amides is 1. The van der Waals surface area contributed by atoms with Crippen LogP contribution in [0.2, 0.25) is 0 Å². The van der Waals surface area contributed by atoms with Gasteiger partial charge < -0.3 is 9.64 Å². The molecule has 1 heterocycles. The van der Waals surface area contributed by atoms with E-state index < -0.39 is 0 Å². The van der Waals surface area contributed by atoms with E-state index in [0.29, 0.717) is 0 Å². The summed E-state index contributed by atoms with van der Waals surface area (Å²) in [6.45, 7) is 13.7. The lowest BCUT2D eigenvalue weighted by molar-refractivity contribution is 0.131. The van der Waals surface area contributed by atoms with Crippen molar-refractivity contribution in [2.45, 2.75) is 60.5 Å². The molecule has 0 aromatic heterocycles. The van der Waals surface area contributed by atoms with Gasteiger partial charge in [0, 0.05) is 6.54 Å². The van der Waals surface area contributed by atoms with Crippen LogP contribution in [0, 0.1) is 0 Å². The molecule has 1 aliphatic heterocycles. The van der Waals surface area contributed by atoms with Gasteiger partial charge in [-0.25, -0.2) is 4.79 Å². The molecule has 1 unspecified atom stereocenters. The maximum absolute atomic E-state index is 11.0. The van der Waals surface area contributed by atoms with Crippen molar-refractivity contribution >= 4 is 6.09 Å². The zero-order valence-corrected chi connectivity index (χ0v) is 11.2. The molecular formula is C12H27NO2. The first-order valence-corrected chi connectivity index (χ1v) is 6.23. The zero-order chi connectivity index (χ0) is 12.3. The van der Waals surface area contributed by atoms with E-state index in [1.165, 1.54) is 0 Å². The Kier molecular flexibility index (Phi) is 12.6. The fourth-order valence-electron chi connectivity index (χ4n) is 1.24. The summed E-state index contributed by atoms with van der Waals surface area (Å²) in [6, 6.07) is 0. The predicted octanol–water partition coefficient (Wildman–Crippen LogP) is 3.68. The van der Waals surface area contributed by atoms with Crippen LogP contribution >= 0.6 is 0 Å².